The number of hydrogen-bond acceptors (Lipinski definition) is 3. The van der Waals surface area contributed by atoms with Gasteiger partial charge in [0.15, 0.2) is 0 Å². The molecule has 0 fully saturated rings. The first kappa shape index (κ1) is 16.3. The van der Waals surface area contributed by atoms with Crippen molar-refractivity contribution in [2.24, 2.45) is 0 Å². The SMILES string of the molecule is Cc1cn2c(n1)CC[C@@H](NC(=O)[C@@H](C)N1CCc3ccccc3C1)C2. The maximum atomic E-state index is 12.8. The van der Waals surface area contributed by atoms with Crippen LogP contribution >= 0.6 is 0 Å². The molecule has 5 nitrogen and oxygen atoms in total. The van der Waals surface area contributed by atoms with Gasteiger partial charge in [0.05, 0.1) is 11.7 Å². The second-order valence-corrected chi connectivity index (χ2v) is 7.36. The first-order chi connectivity index (χ1) is 12.1. The first-order valence-corrected chi connectivity index (χ1v) is 9.24. The van der Waals surface area contributed by atoms with Gasteiger partial charge in [-0.15, -0.1) is 0 Å². The molecule has 0 aliphatic carbocycles. The van der Waals surface area contributed by atoms with E-state index >= 15 is 0 Å². The quantitative estimate of drug-likeness (QED) is 0.932. The number of amides is 1. The van der Waals surface area contributed by atoms with Crippen LogP contribution in [0, 0.1) is 6.92 Å². The maximum Gasteiger partial charge on any atom is 0.237 e. The van der Waals surface area contributed by atoms with Crippen molar-refractivity contribution in [3.05, 3.63) is 53.1 Å². The maximum absolute atomic E-state index is 12.8. The number of rotatable bonds is 3. The highest BCUT2D eigenvalue weighted by Gasteiger charge is 2.28. The van der Waals surface area contributed by atoms with Crippen LogP contribution < -0.4 is 5.32 Å². The molecule has 2 aromatic rings. The van der Waals surface area contributed by atoms with E-state index in [2.05, 4.69) is 50.2 Å². The molecule has 1 amide bonds. The van der Waals surface area contributed by atoms with Crippen molar-refractivity contribution >= 4 is 5.91 Å². The smallest absolute Gasteiger partial charge is 0.237 e. The van der Waals surface area contributed by atoms with E-state index in [1.165, 1.54) is 11.1 Å². The Morgan fingerprint density at radius 1 is 1.28 bits per heavy atom. The third-order valence-corrected chi connectivity index (χ3v) is 5.55. The number of fused-ring (bicyclic) bond motifs is 2. The molecule has 25 heavy (non-hydrogen) atoms. The Bertz CT molecular complexity index is 782. The lowest BCUT2D eigenvalue weighted by atomic mass is 9.98. The fourth-order valence-corrected chi connectivity index (χ4v) is 4.04. The lowest BCUT2D eigenvalue weighted by molar-refractivity contribution is -0.127. The van der Waals surface area contributed by atoms with Crippen molar-refractivity contribution in [1.29, 1.82) is 0 Å². The molecule has 0 bridgehead atoms. The summed E-state index contributed by atoms with van der Waals surface area (Å²) in [7, 11) is 0. The standard InChI is InChI=1S/C20H26N4O/c1-14-11-24-13-18(7-8-19(24)21-14)22-20(25)15(2)23-10-9-16-5-3-4-6-17(16)12-23/h3-6,11,15,18H,7-10,12-13H2,1-2H3,(H,22,25)/t15-,18-/m1/s1. The van der Waals surface area contributed by atoms with Crippen LogP contribution in [0.25, 0.3) is 0 Å². The molecule has 4 rings (SSSR count). The third-order valence-electron chi connectivity index (χ3n) is 5.55. The Hall–Kier alpha value is -2.14. The molecule has 2 aliphatic heterocycles. The number of aromatic nitrogens is 2. The molecule has 5 heteroatoms. The molecule has 2 atom stereocenters. The van der Waals surface area contributed by atoms with Crippen LogP contribution in [0.15, 0.2) is 30.5 Å². The summed E-state index contributed by atoms with van der Waals surface area (Å²) >= 11 is 0. The molecular weight excluding hydrogens is 312 g/mol. The van der Waals surface area contributed by atoms with Gasteiger partial charge in [0, 0.05) is 38.3 Å². The van der Waals surface area contributed by atoms with E-state index in [0.29, 0.717) is 0 Å². The minimum Gasteiger partial charge on any atom is -0.350 e. The minimum atomic E-state index is -0.0979. The summed E-state index contributed by atoms with van der Waals surface area (Å²) in [4.78, 5) is 19.6. The topological polar surface area (TPSA) is 50.2 Å². The summed E-state index contributed by atoms with van der Waals surface area (Å²) in [6, 6.07) is 8.66. The minimum absolute atomic E-state index is 0.0979. The lowest BCUT2D eigenvalue weighted by Gasteiger charge is -2.34. The molecule has 132 valence electrons. The van der Waals surface area contributed by atoms with Gasteiger partial charge in [-0.1, -0.05) is 24.3 Å². The number of carbonyl (C=O) groups is 1. The van der Waals surface area contributed by atoms with Crippen molar-refractivity contribution in [3.63, 3.8) is 0 Å². The zero-order chi connectivity index (χ0) is 17.4. The van der Waals surface area contributed by atoms with Gasteiger partial charge in [0.1, 0.15) is 5.82 Å². The molecule has 2 aliphatic rings. The Morgan fingerprint density at radius 3 is 2.92 bits per heavy atom. The second kappa shape index (κ2) is 6.64. The Labute approximate surface area is 149 Å². The van der Waals surface area contributed by atoms with E-state index in [9.17, 15) is 4.79 Å². The molecule has 1 aromatic carbocycles. The molecule has 3 heterocycles. The zero-order valence-corrected chi connectivity index (χ0v) is 15.0. The van der Waals surface area contributed by atoms with E-state index < -0.39 is 0 Å². The average molecular weight is 338 g/mol. The molecule has 0 spiro atoms. The lowest BCUT2D eigenvalue weighted by Crippen LogP contribution is -2.51. The van der Waals surface area contributed by atoms with Crippen LogP contribution in [-0.4, -0.2) is 39.0 Å². The number of imidazole rings is 1. The van der Waals surface area contributed by atoms with Gasteiger partial charge >= 0.3 is 0 Å². The summed E-state index contributed by atoms with van der Waals surface area (Å²) in [5.74, 6) is 1.29. The Balaban J connectivity index is 1.37. The van der Waals surface area contributed by atoms with E-state index in [1.807, 2.05) is 13.8 Å². The highest BCUT2D eigenvalue weighted by Crippen LogP contribution is 2.21. The molecule has 1 aromatic heterocycles. The van der Waals surface area contributed by atoms with Crippen molar-refractivity contribution < 1.29 is 4.79 Å². The molecule has 1 N–H and O–H groups in total. The molecule has 0 unspecified atom stereocenters. The van der Waals surface area contributed by atoms with Crippen molar-refractivity contribution in [2.75, 3.05) is 6.54 Å². The molecular formula is C20H26N4O. The Morgan fingerprint density at radius 2 is 2.08 bits per heavy atom. The van der Waals surface area contributed by atoms with E-state index in [0.717, 1.165) is 50.4 Å². The van der Waals surface area contributed by atoms with Crippen LogP contribution in [0.3, 0.4) is 0 Å². The number of benzene rings is 1. The third kappa shape index (κ3) is 3.33. The van der Waals surface area contributed by atoms with Gasteiger partial charge in [-0.25, -0.2) is 4.98 Å². The molecule has 0 saturated heterocycles. The first-order valence-electron chi connectivity index (χ1n) is 9.24. The fourth-order valence-electron chi connectivity index (χ4n) is 4.04. The van der Waals surface area contributed by atoms with Crippen molar-refractivity contribution in [3.8, 4) is 0 Å². The predicted octanol–water partition coefficient (Wildman–Crippen LogP) is 2.07. The van der Waals surface area contributed by atoms with E-state index in [4.69, 9.17) is 0 Å². The highest BCUT2D eigenvalue weighted by atomic mass is 16.2. The Kier molecular flexibility index (Phi) is 4.34. The van der Waals surface area contributed by atoms with Gasteiger partial charge in [0.2, 0.25) is 5.91 Å². The largest absolute Gasteiger partial charge is 0.350 e. The number of aryl methyl sites for hydroxylation is 2. The molecule has 0 radical (unpaired) electrons. The van der Waals surface area contributed by atoms with Crippen molar-refractivity contribution in [1.82, 2.24) is 19.8 Å². The monoisotopic (exact) mass is 338 g/mol. The predicted molar refractivity (Wildman–Crippen MR) is 97.2 cm³/mol. The normalized spacial score (nSPS) is 21.3. The summed E-state index contributed by atoms with van der Waals surface area (Å²) in [6.45, 7) is 6.69. The van der Waals surface area contributed by atoms with E-state index in [1.54, 1.807) is 0 Å². The summed E-state index contributed by atoms with van der Waals surface area (Å²) < 4.78 is 2.19. The van der Waals surface area contributed by atoms with E-state index in [-0.39, 0.29) is 18.0 Å². The number of carbonyl (C=O) groups excluding carboxylic acids is 1. The number of nitrogens with one attached hydrogen (secondary N) is 1. The van der Waals surface area contributed by atoms with Crippen LogP contribution in [-0.2, 0) is 30.7 Å². The average Bonchev–Trinajstić information content (AvgIpc) is 3.00. The van der Waals surface area contributed by atoms with Gasteiger partial charge in [-0.3, -0.25) is 9.69 Å². The highest BCUT2D eigenvalue weighted by molar-refractivity contribution is 5.81. The molecule has 0 saturated carbocycles. The van der Waals surface area contributed by atoms with Gasteiger partial charge in [0.25, 0.3) is 0 Å². The summed E-state index contributed by atoms with van der Waals surface area (Å²) in [6.07, 6.45) is 5.01. The van der Waals surface area contributed by atoms with Crippen LogP contribution in [0.1, 0.15) is 36.0 Å². The van der Waals surface area contributed by atoms with Gasteiger partial charge in [-0.2, -0.15) is 0 Å². The zero-order valence-electron chi connectivity index (χ0n) is 15.0. The van der Waals surface area contributed by atoms with Crippen LogP contribution in [0.4, 0.5) is 0 Å². The number of nitrogens with zero attached hydrogens (tertiary/aromatic N) is 3. The fraction of sp³-hybridized carbons (Fsp3) is 0.500. The van der Waals surface area contributed by atoms with Crippen molar-refractivity contribution in [2.45, 2.75) is 58.3 Å². The number of hydrogen-bond donors (Lipinski definition) is 1. The summed E-state index contributed by atoms with van der Waals surface area (Å²) in [5, 5.41) is 3.26. The van der Waals surface area contributed by atoms with Gasteiger partial charge < -0.3 is 9.88 Å². The van der Waals surface area contributed by atoms with Crippen LogP contribution in [0.5, 0.6) is 0 Å². The van der Waals surface area contributed by atoms with Crippen LogP contribution in [0.2, 0.25) is 0 Å². The summed E-state index contributed by atoms with van der Waals surface area (Å²) in [5.41, 5.74) is 3.83. The second-order valence-electron chi connectivity index (χ2n) is 7.36. The van der Waals surface area contributed by atoms with Gasteiger partial charge in [-0.05, 0) is 37.8 Å².